The monoisotopic (exact) mass is 411 g/mol. The van der Waals surface area contributed by atoms with Gasteiger partial charge in [-0.3, -0.25) is 19.7 Å². The highest BCUT2D eigenvalue weighted by Crippen LogP contribution is 2.22. The number of nitro benzene ring substituents is 1. The second-order valence-corrected chi connectivity index (χ2v) is 7.67. The summed E-state index contributed by atoms with van der Waals surface area (Å²) in [5.41, 5.74) is 1.51. The second kappa shape index (κ2) is 9.80. The van der Waals surface area contributed by atoms with E-state index in [2.05, 4.69) is 31.4 Å². The molecule has 30 heavy (non-hydrogen) atoms. The molecule has 0 unspecified atom stereocenters. The summed E-state index contributed by atoms with van der Waals surface area (Å²) in [6.45, 7) is 5.92. The van der Waals surface area contributed by atoms with Gasteiger partial charge in [0.1, 0.15) is 5.70 Å². The number of nitrogens with one attached hydrogen (secondary N) is 2. The van der Waals surface area contributed by atoms with Gasteiger partial charge in [-0.2, -0.15) is 0 Å². The Morgan fingerprint density at radius 2 is 1.80 bits per heavy atom. The van der Waals surface area contributed by atoms with Crippen molar-refractivity contribution in [3.05, 3.63) is 81.0 Å². The number of hydrogen-bond acceptors (Lipinski definition) is 5. The van der Waals surface area contributed by atoms with Crippen LogP contribution in [0.4, 0.5) is 5.69 Å². The molecule has 0 heterocycles. The molecule has 0 aromatic heterocycles. The Labute approximate surface area is 174 Å². The Bertz CT molecular complexity index is 959. The van der Waals surface area contributed by atoms with E-state index in [1.165, 1.54) is 24.3 Å². The fourth-order valence-corrected chi connectivity index (χ4v) is 2.63. The van der Waals surface area contributed by atoms with Crippen LogP contribution >= 0.6 is 0 Å². The number of nitrogens with zero attached hydrogens (tertiary/aromatic N) is 1. The van der Waals surface area contributed by atoms with Gasteiger partial charge in [0.05, 0.1) is 11.5 Å². The molecular weight excluding hydrogens is 386 g/mol. The number of hydrogen-bond donors (Lipinski definition) is 3. The van der Waals surface area contributed by atoms with E-state index in [4.69, 9.17) is 5.11 Å². The molecule has 2 amide bonds. The first-order valence-electron chi connectivity index (χ1n) is 9.39. The lowest BCUT2D eigenvalue weighted by Gasteiger charge is -2.19. The van der Waals surface area contributed by atoms with Crippen molar-refractivity contribution in [1.82, 2.24) is 10.6 Å². The summed E-state index contributed by atoms with van der Waals surface area (Å²) < 4.78 is 0. The van der Waals surface area contributed by atoms with Crippen molar-refractivity contribution in [3.8, 4) is 0 Å². The van der Waals surface area contributed by atoms with Crippen LogP contribution in [0.1, 0.15) is 42.3 Å². The Hall–Kier alpha value is -3.52. The minimum Gasteiger partial charge on any atom is -0.395 e. The van der Waals surface area contributed by atoms with Crippen molar-refractivity contribution in [2.45, 2.75) is 26.2 Å². The maximum absolute atomic E-state index is 12.7. The number of aliphatic hydroxyl groups excluding tert-OH is 1. The number of nitro groups is 1. The van der Waals surface area contributed by atoms with Crippen molar-refractivity contribution in [3.63, 3.8) is 0 Å². The quantitative estimate of drug-likeness (QED) is 0.367. The summed E-state index contributed by atoms with van der Waals surface area (Å²) in [5, 5.41) is 24.9. The van der Waals surface area contributed by atoms with Crippen molar-refractivity contribution < 1.29 is 19.6 Å². The summed E-state index contributed by atoms with van der Waals surface area (Å²) in [6.07, 6.45) is 1.35. The van der Waals surface area contributed by atoms with Crippen LogP contribution in [0.15, 0.2) is 54.2 Å². The van der Waals surface area contributed by atoms with E-state index in [1.807, 2.05) is 12.1 Å². The molecule has 0 saturated carbocycles. The van der Waals surface area contributed by atoms with Crippen molar-refractivity contribution in [2.24, 2.45) is 0 Å². The maximum atomic E-state index is 12.7. The zero-order chi connectivity index (χ0) is 22.3. The minimum atomic E-state index is -0.616. The Morgan fingerprint density at radius 1 is 1.13 bits per heavy atom. The molecule has 0 saturated heterocycles. The van der Waals surface area contributed by atoms with Crippen LogP contribution in [0.25, 0.3) is 6.08 Å². The molecule has 0 atom stereocenters. The molecule has 2 rings (SSSR count). The summed E-state index contributed by atoms with van der Waals surface area (Å²) in [5.74, 6) is -1.11. The largest absolute Gasteiger partial charge is 0.395 e. The van der Waals surface area contributed by atoms with Gasteiger partial charge in [0, 0.05) is 24.2 Å². The molecule has 0 fully saturated rings. The van der Waals surface area contributed by atoms with Crippen LogP contribution in [0.5, 0.6) is 0 Å². The lowest BCUT2D eigenvalue weighted by molar-refractivity contribution is -0.384. The number of rotatable bonds is 7. The molecule has 8 heteroatoms. The molecule has 158 valence electrons. The molecule has 0 spiro atoms. The maximum Gasteiger partial charge on any atom is 0.270 e. The Balaban J connectivity index is 2.31. The predicted octanol–water partition coefficient (Wildman–Crippen LogP) is 2.77. The predicted molar refractivity (Wildman–Crippen MR) is 114 cm³/mol. The first-order chi connectivity index (χ1) is 14.1. The van der Waals surface area contributed by atoms with Gasteiger partial charge in [-0.25, -0.2) is 0 Å². The molecule has 2 aromatic rings. The van der Waals surface area contributed by atoms with Crippen LogP contribution in [0.2, 0.25) is 0 Å². The number of amides is 2. The van der Waals surface area contributed by atoms with Gasteiger partial charge in [-0.1, -0.05) is 45.0 Å². The summed E-state index contributed by atoms with van der Waals surface area (Å²) >= 11 is 0. The van der Waals surface area contributed by atoms with E-state index >= 15 is 0 Å². The number of aliphatic hydroxyl groups is 1. The standard InChI is InChI=1S/C22H25N3O5/c1-22(2,3)17-9-7-16(8-10-17)20(27)24-19(21(28)23-11-12-26)14-15-5-4-6-18(13-15)25(29)30/h4-10,13-14,26H,11-12H2,1-3H3,(H,23,28)(H,24,27)/b19-14+. The van der Waals surface area contributed by atoms with Crippen LogP contribution in [0, 0.1) is 10.1 Å². The third-order valence-electron chi connectivity index (χ3n) is 4.30. The van der Waals surface area contributed by atoms with Crippen LogP contribution in [-0.4, -0.2) is 35.0 Å². The molecule has 2 aromatic carbocycles. The molecule has 3 N–H and O–H groups in total. The normalized spacial score (nSPS) is 11.7. The Morgan fingerprint density at radius 3 is 2.37 bits per heavy atom. The lowest BCUT2D eigenvalue weighted by atomic mass is 9.87. The van der Waals surface area contributed by atoms with Gasteiger partial charge in [-0.15, -0.1) is 0 Å². The zero-order valence-electron chi connectivity index (χ0n) is 17.1. The molecule has 0 bridgehead atoms. The molecule has 0 radical (unpaired) electrons. The number of carbonyl (C=O) groups excluding carboxylic acids is 2. The van der Waals surface area contributed by atoms with Gasteiger partial charge in [0.15, 0.2) is 0 Å². The van der Waals surface area contributed by atoms with Gasteiger partial charge < -0.3 is 15.7 Å². The number of carbonyl (C=O) groups is 2. The molecular formula is C22H25N3O5. The first-order valence-corrected chi connectivity index (χ1v) is 9.39. The van der Waals surface area contributed by atoms with Crippen molar-refractivity contribution in [2.75, 3.05) is 13.2 Å². The minimum absolute atomic E-state index is 0.00125. The second-order valence-electron chi connectivity index (χ2n) is 7.67. The smallest absolute Gasteiger partial charge is 0.270 e. The third kappa shape index (κ3) is 6.25. The van der Waals surface area contributed by atoms with Crippen molar-refractivity contribution in [1.29, 1.82) is 0 Å². The lowest BCUT2D eigenvalue weighted by Crippen LogP contribution is -2.36. The van der Waals surface area contributed by atoms with E-state index in [1.54, 1.807) is 18.2 Å². The van der Waals surface area contributed by atoms with Gasteiger partial charge in [0.2, 0.25) is 0 Å². The van der Waals surface area contributed by atoms with Crippen LogP contribution < -0.4 is 10.6 Å². The highest BCUT2D eigenvalue weighted by Gasteiger charge is 2.17. The molecule has 0 aliphatic carbocycles. The van der Waals surface area contributed by atoms with Gasteiger partial charge in [0.25, 0.3) is 17.5 Å². The van der Waals surface area contributed by atoms with Crippen LogP contribution in [0.3, 0.4) is 0 Å². The molecule has 0 aliphatic heterocycles. The number of non-ortho nitro benzene ring substituents is 1. The average molecular weight is 411 g/mol. The average Bonchev–Trinajstić information content (AvgIpc) is 2.71. The SMILES string of the molecule is CC(C)(C)c1ccc(C(=O)N/C(=C/c2cccc([N+](=O)[O-])c2)C(=O)NCCO)cc1. The summed E-state index contributed by atoms with van der Waals surface area (Å²) in [6, 6.07) is 12.7. The zero-order valence-corrected chi connectivity index (χ0v) is 17.1. The number of benzene rings is 2. The first kappa shape index (κ1) is 22.8. The highest BCUT2D eigenvalue weighted by atomic mass is 16.6. The third-order valence-corrected chi connectivity index (χ3v) is 4.30. The molecule has 0 aliphatic rings. The van der Waals surface area contributed by atoms with E-state index in [-0.39, 0.29) is 30.0 Å². The summed E-state index contributed by atoms with van der Waals surface area (Å²) in [7, 11) is 0. The fraction of sp³-hybridized carbons (Fsp3) is 0.273. The highest BCUT2D eigenvalue weighted by molar-refractivity contribution is 6.05. The van der Waals surface area contributed by atoms with E-state index in [0.717, 1.165) is 5.56 Å². The fourth-order valence-electron chi connectivity index (χ4n) is 2.63. The van der Waals surface area contributed by atoms with Crippen LogP contribution in [-0.2, 0) is 10.2 Å². The van der Waals surface area contributed by atoms with E-state index in [0.29, 0.717) is 11.1 Å². The van der Waals surface area contributed by atoms with Gasteiger partial charge in [-0.05, 0) is 34.8 Å². The summed E-state index contributed by atoms with van der Waals surface area (Å²) in [4.78, 5) is 35.5. The molecule has 8 nitrogen and oxygen atoms in total. The van der Waals surface area contributed by atoms with E-state index in [9.17, 15) is 19.7 Å². The van der Waals surface area contributed by atoms with Gasteiger partial charge >= 0.3 is 0 Å². The topological polar surface area (TPSA) is 122 Å². The van der Waals surface area contributed by atoms with E-state index < -0.39 is 16.7 Å². The Kier molecular flexibility index (Phi) is 7.43. The van der Waals surface area contributed by atoms with Crippen molar-refractivity contribution >= 4 is 23.6 Å².